The Balaban J connectivity index is 1.67. The van der Waals surface area contributed by atoms with E-state index in [9.17, 15) is 4.79 Å². The lowest BCUT2D eigenvalue weighted by atomic mass is 10.1. The molecule has 0 fully saturated rings. The number of hydrogen-bond donors (Lipinski definition) is 1. The number of rotatable bonds is 4. The molecule has 1 amide bonds. The molecule has 0 saturated carbocycles. The number of nitrogens with one attached hydrogen (secondary N) is 1. The highest BCUT2D eigenvalue weighted by Gasteiger charge is 2.06. The summed E-state index contributed by atoms with van der Waals surface area (Å²) in [6.07, 6.45) is 1.77. The van der Waals surface area contributed by atoms with Crippen molar-refractivity contribution in [3.63, 3.8) is 0 Å². The number of benzene rings is 1. The summed E-state index contributed by atoms with van der Waals surface area (Å²) in [6.45, 7) is 0.481. The molecule has 1 N–H and O–H groups in total. The Labute approximate surface area is 141 Å². The standard InChI is InChI=1S/C17H13BrN2OS/c18-15-3-1-13(2-4-15)17(21)20-10-12-5-7-19-16(9-12)14-6-8-22-11-14/h1-9,11H,10H2,(H,20,21). The van der Waals surface area contributed by atoms with E-state index in [0.717, 1.165) is 21.3 Å². The third-order valence-corrected chi connectivity index (χ3v) is 4.41. The van der Waals surface area contributed by atoms with Crippen LogP contribution in [-0.4, -0.2) is 10.9 Å². The molecule has 110 valence electrons. The van der Waals surface area contributed by atoms with Gasteiger partial charge >= 0.3 is 0 Å². The highest BCUT2D eigenvalue weighted by Crippen LogP contribution is 2.20. The van der Waals surface area contributed by atoms with Crippen LogP contribution in [0.25, 0.3) is 11.3 Å². The summed E-state index contributed by atoms with van der Waals surface area (Å²) in [7, 11) is 0. The average molecular weight is 373 g/mol. The molecule has 3 rings (SSSR count). The van der Waals surface area contributed by atoms with Gasteiger partial charge in [-0.2, -0.15) is 11.3 Å². The summed E-state index contributed by atoms with van der Waals surface area (Å²) in [5, 5.41) is 7.02. The first-order valence-electron chi connectivity index (χ1n) is 6.73. The van der Waals surface area contributed by atoms with Gasteiger partial charge < -0.3 is 5.32 Å². The molecule has 0 aliphatic carbocycles. The molecule has 1 aromatic carbocycles. The Kier molecular flexibility index (Phi) is 4.65. The molecule has 3 nitrogen and oxygen atoms in total. The predicted molar refractivity (Wildman–Crippen MR) is 92.9 cm³/mol. The average Bonchev–Trinajstić information content (AvgIpc) is 3.08. The van der Waals surface area contributed by atoms with Crippen LogP contribution in [0.3, 0.4) is 0 Å². The van der Waals surface area contributed by atoms with Gasteiger partial charge in [-0.05, 0) is 53.4 Å². The molecule has 0 bridgehead atoms. The van der Waals surface area contributed by atoms with Gasteiger partial charge in [0.25, 0.3) is 5.91 Å². The van der Waals surface area contributed by atoms with Crippen molar-refractivity contribution in [1.82, 2.24) is 10.3 Å². The molecule has 22 heavy (non-hydrogen) atoms. The molecule has 0 radical (unpaired) electrons. The summed E-state index contributed by atoms with van der Waals surface area (Å²) in [5.41, 5.74) is 3.71. The molecule has 0 saturated heterocycles. The Morgan fingerprint density at radius 3 is 2.73 bits per heavy atom. The Hall–Kier alpha value is -1.98. The van der Waals surface area contributed by atoms with Crippen molar-refractivity contribution in [2.24, 2.45) is 0 Å². The minimum absolute atomic E-state index is 0.0820. The second kappa shape index (κ2) is 6.85. The van der Waals surface area contributed by atoms with Gasteiger partial charge in [0.05, 0.1) is 5.69 Å². The lowest BCUT2D eigenvalue weighted by Crippen LogP contribution is -2.22. The summed E-state index contributed by atoms with van der Waals surface area (Å²) in [6, 6.07) is 13.3. The first-order chi connectivity index (χ1) is 10.7. The fourth-order valence-corrected chi connectivity index (χ4v) is 2.95. The van der Waals surface area contributed by atoms with Crippen molar-refractivity contribution >= 4 is 33.2 Å². The van der Waals surface area contributed by atoms with Crippen LogP contribution in [0, 0.1) is 0 Å². The molecule has 0 unspecified atom stereocenters. The number of carbonyl (C=O) groups excluding carboxylic acids is 1. The molecule has 0 spiro atoms. The van der Waals surface area contributed by atoms with Crippen molar-refractivity contribution in [1.29, 1.82) is 0 Å². The van der Waals surface area contributed by atoms with E-state index >= 15 is 0 Å². The van der Waals surface area contributed by atoms with Gasteiger partial charge in [0, 0.05) is 33.7 Å². The second-order valence-corrected chi connectivity index (χ2v) is 6.45. The lowest BCUT2D eigenvalue weighted by Gasteiger charge is -2.07. The van der Waals surface area contributed by atoms with E-state index in [4.69, 9.17) is 0 Å². The Morgan fingerprint density at radius 1 is 1.18 bits per heavy atom. The van der Waals surface area contributed by atoms with E-state index in [0.29, 0.717) is 12.1 Å². The summed E-state index contributed by atoms with van der Waals surface area (Å²) in [4.78, 5) is 16.5. The van der Waals surface area contributed by atoms with Crippen molar-refractivity contribution in [2.75, 3.05) is 0 Å². The third kappa shape index (κ3) is 3.61. The molecule has 5 heteroatoms. The maximum absolute atomic E-state index is 12.1. The fourth-order valence-electron chi connectivity index (χ4n) is 2.04. The molecule has 2 heterocycles. The second-order valence-electron chi connectivity index (χ2n) is 4.75. The normalized spacial score (nSPS) is 10.4. The SMILES string of the molecule is O=C(NCc1ccnc(-c2ccsc2)c1)c1ccc(Br)cc1. The molecule has 2 aromatic heterocycles. The van der Waals surface area contributed by atoms with Gasteiger partial charge in [0.2, 0.25) is 0 Å². The largest absolute Gasteiger partial charge is 0.348 e. The maximum atomic E-state index is 12.1. The minimum atomic E-state index is -0.0820. The smallest absolute Gasteiger partial charge is 0.251 e. The van der Waals surface area contributed by atoms with Crippen molar-refractivity contribution in [3.8, 4) is 11.3 Å². The molecule has 0 atom stereocenters. The van der Waals surface area contributed by atoms with E-state index in [1.807, 2.05) is 35.7 Å². The van der Waals surface area contributed by atoms with Crippen LogP contribution >= 0.6 is 27.3 Å². The Bertz CT molecular complexity index is 770. The number of carbonyl (C=O) groups is 1. The number of pyridine rings is 1. The topological polar surface area (TPSA) is 42.0 Å². The predicted octanol–water partition coefficient (Wildman–Crippen LogP) is 4.50. The van der Waals surface area contributed by atoms with Gasteiger partial charge in [-0.25, -0.2) is 0 Å². The van der Waals surface area contributed by atoms with Crippen molar-refractivity contribution in [3.05, 3.63) is 75.0 Å². The number of amides is 1. The van der Waals surface area contributed by atoms with E-state index in [2.05, 4.69) is 31.6 Å². The first kappa shape index (κ1) is 14.9. The number of hydrogen-bond acceptors (Lipinski definition) is 3. The van der Waals surface area contributed by atoms with Crippen LogP contribution in [0.5, 0.6) is 0 Å². The quantitative estimate of drug-likeness (QED) is 0.732. The van der Waals surface area contributed by atoms with Gasteiger partial charge in [0.15, 0.2) is 0 Å². The highest BCUT2D eigenvalue weighted by atomic mass is 79.9. The zero-order valence-corrected chi connectivity index (χ0v) is 14.0. The molecule has 0 aliphatic heterocycles. The van der Waals surface area contributed by atoms with Crippen molar-refractivity contribution < 1.29 is 4.79 Å². The lowest BCUT2D eigenvalue weighted by molar-refractivity contribution is 0.0951. The fraction of sp³-hybridized carbons (Fsp3) is 0.0588. The molecular weight excluding hydrogens is 360 g/mol. The number of aromatic nitrogens is 1. The van der Waals surface area contributed by atoms with Crippen LogP contribution in [0.15, 0.2) is 63.9 Å². The van der Waals surface area contributed by atoms with Gasteiger partial charge in [-0.1, -0.05) is 15.9 Å². The zero-order valence-electron chi connectivity index (χ0n) is 11.6. The van der Waals surface area contributed by atoms with Gasteiger partial charge in [0.1, 0.15) is 0 Å². The first-order valence-corrected chi connectivity index (χ1v) is 8.47. The Morgan fingerprint density at radius 2 is 2.00 bits per heavy atom. The third-order valence-electron chi connectivity index (χ3n) is 3.20. The van der Waals surface area contributed by atoms with E-state index < -0.39 is 0 Å². The van der Waals surface area contributed by atoms with Crippen LogP contribution in [-0.2, 0) is 6.54 Å². The highest BCUT2D eigenvalue weighted by molar-refractivity contribution is 9.10. The molecule has 3 aromatic rings. The van der Waals surface area contributed by atoms with E-state index in [-0.39, 0.29) is 5.91 Å². The minimum Gasteiger partial charge on any atom is -0.348 e. The summed E-state index contributed by atoms with van der Waals surface area (Å²) >= 11 is 5.00. The number of halogens is 1. The van der Waals surface area contributed by atoms with Crippen LogP contribution in [0.2, 0.25) is 0 Å². The molecule has 0 aliphatic rings. The van der Waals surface area contributed by atoms with E-state index in [1.54, 1.807) is 29.7 Å². The van der Waals surface area contributed by atoms with Crippen molar-refractivity contribution in [2.45, 2.75) is 6.54 Å². The number of nitrogens with zero attached hydrogens (tertiary/aromatic N) is 1. The number of thiophene rings is 1. The monoisotopic (exact) mass is 372 g/mol. The van der Waals surface area contributed by atoms with Crippen LogP contribution in [0.1, 0.15) is 15.9 Å². The van der Waals surface area contributed by atoms with E-state index in [1.165, 1.54) is 0 Å². The zero-order chi connectivity index (χ0) is 15.4. The summed E-state index contributed by atoms with van der Waals surface area (Å²) < 4.78 is 0.957. The van der Waals surface area contributed by atoms with Crippen LogP contribution in [0.4, 0.5) is 0 Å². The molecular formula is C17H13BrN2OS. The summed E-state index contributed by atoms with van der Waals surface area (Å²) in [5.74, 6) is -0.0820. The van der Waals surface area contributed by atoms with Gasteiger partial charge in [-0.15, -0.1) is 0 Å². The van der Waals surface area contributed by atoms with Crippen LogP contribution < -0.4 is 5.32 Å². The maximum Gasteiger partial charge on any atom is 0.251 e. The van der Waals surface area contributed by atoms with Gasteiger partial charge in [-0.3, -0.25) is 9.78 Å².